The van der Waals surface area contributed by atoms with Crippen molar-refractivity contribution in [3.63, 3.8) is 0 Å². The zero-order chi connectivity index (χ0) is 54.2. The molecular formula is C55H49F2N7O13. The van der Waals surface area contributed by atoms with Crippen LogP contribution < -0.4 is 25.6 Å². The second kappa shape index (κ2) is 23.0. The van der Waals surface area contributed by atoms with E-state index in [9.17, 15) is 43.0 Å². The second-order valence-corrected chi connectivity index (χ2v) is 17.9. The molecule has 2 amide bonds. The predicted octanol–water partition coefficient (Wildman–Crippen LogP) is 6.65. The van der Waals surface area contributed by atoms with Crippen LogP contribution in [0.4, 0.5) is 13.6 Å². The Morgan fingerprint density at radius 3 is 2.21 bits per heavy atom. The van der Waals surface area contributed by atoms with Crippen LogP contribution in [0.15, 0.2) is 116 Å². The summed E-state index contributed by atoms with van der Waals surface area (Å²) >= 11 is 0. The fraction of sp³-hybridized carbons (Fsp3) is 0.236. The van der Waals surface area contributed by atoms with Crippen molar-refractivity contribution >= 4 is 29.8 Å². The number of aliphatic carboxylic acids is 1. The number of halogens is 2. The van der Waals surface area contributed by atoms with E-state index in [0.29, 0.717) is 49.7 Å². The number of amides is 2. The number of carbonyl (C=O) groups is 5. The van der Waals surface area contributed by atoms with Crippen molar-refractivity contribution in [1.82, 2.24) is 30.0 Å². The van der Waals surface area contributed by atoms with Gasteiger partial charge in [-0.25, -0.2) is 32.6 Å². The smallest absolute Gasteiger partial charge is 0.419 e. The van der Waals surface area contributed by atoms with Gasteiger partial charge in [0.05, 0.1) is 47.7 Å². The topological polar surface area (TPSA) is 276 Å². The highest BCUT2D eigenvalue weighted by atomic mass is 19.1. The van der Waals surface area contributed by atoms with E-state index < -0.39 is 52.7 Å². The lowest BCUT2D eigenvalue weighted by molar-refractivity contribution is -0.137. The summed E-state index contributed by atoms with van der Waals surface area (Å²) in [5, 5.41) is 47.1. The van der Waals surface area contributed by atoms with Crippen LogP contribution in [0.25, 0.3) is 11.3 Å². The largest absolute Gasteiger partial charge is 0.505 e. The minimum absolute atomic E-state index is 0.00353. The lowest BCUT2D eigenvalue weighted by atomic mass is 9.77. The van der Waals surface area contributed by atoms with Crippen molar-refractivity contribution in [2.24, 2.45) is 0 Å². The molecule has 20 nitrogen and oxygen atoms in total. The summed E-state index contributed by atoms with van der Waals surface area (Å²) in [6.45, 7) is 1.05. The van der Waals surface area contributed by atoms with E-state index in [1.165, 1.54) is 35.4 Å². The molecule has 396 valence electrons. The number of aromatic hydroxyl groups is 2. The van der Waals surface area contributed by atoms with Gasteiger partial charge in [-0.2, -0.15) is 5.10 Å². The fourth-order valence-electron chi connectivity index (χ4n) is 8.74. The number of phenols is 2. The molecule has 0 atom stereocenters. The number of hydrogen-bond acceptors (Lipinski definition) is 15. The third-order valence-corrected chi connectivity index (χ3v) is 12.6. The van der Waals surface area contributed by atoms with Gasteiger partial charge in [-0.3, -0.25) is 19.8 Å². The quantitative estimate of drug-likeness (QED) is 0.0325. The Kier molecular flexibility index (Phi) is 15.7. The first kappa shape index (κ1) is 52.4. The van der Waals surface area contributed by atoms with E-state index in [2.05, 4.69) is 20.7 Å². The molecule has 0 unspecified atom stereocenters. The molecule has 77 heavy (non-hydrogen) atoms. The maximum atomic E-state index is 14.8. The van der Waals surface area contributed by atoms with E-state index in [1.807, 2.05) is 48.5 Å². The number of nitrogens with one attached hydrogen (secondary N) is 3. The van der Waals surface area contributed by atoms with Gasteiger partial charge in [0.2, 0.25) is 5.91 Å². The molecule has 7 aromatic rings. The number of rotatable bonds is 21. The molecule has 2 aliphatic heterocycles. The Bertz CT molecular complexity index is 3400. The number of carbonyl (C=O) groups excluding carboxylic acids is 4. The molecule has 5 aromatic carbocycles. The number of carboxylic acids is 1. The number of phenolic OH excluding ortho intramolecular Hbond substituents is 2. The monoisotopic (exact) mass is 1050 g/mol. The molecule has 9 rings (SSSR count). The van der Waals surface area contributed by atoms with Gasteiger partial charge in [0.25, 0.3) is 5.91 Å². The number of aromatic nitrogens is 4. The van der Waals surface area contributed by atoms with Gasteiger partial charge >= 0.3 is 18.0 Å². The van der Waals surface area contributed by atoms with Gasteiger partial charge in [-0.05, 0) is 91.1 Å². The summed E-state index contributed by atoms with van der Waals surface area (Å²) in [5.74, 6) is -5.82. The SMILES string of the molecule is N=c1ccc(-c2ccc(OCc3ccc(CCCNC(=O)Cc4cn(C(=O)OCCOCCNC(=O)c5ccc6c(c5)C(=O)OC65c6cc(F)c(O)cc6Oc6cc(O)c(F)cc65)cn4)cc3)cc2)nn1CCCC(=O)O. The lowest BCUT2D eigenvalue weighted by Gasteiger charge is -2.36. The Balaban J connectivity index is 0.650. The minimum atomic E-state index is -1.95. The average molecular weight is 1050 g/mol. The van der Waals surface area contributed by atoms with Gasteiger partial charge in [0.15, 0.2) is 28.7 Å². The van der Waals surface area contributed by atoms with E-state index in [4.69, 9.17) is 34.2 Å². The highest BCUT2D eigenvalue weighted by Crippen LogP contribution is 2.57. The van der Waals surface area contributed by atoms with Crippen molar-refractivity contribution in [3.05, 3.63) is 177 Å². The molecule has 1 spiro atoms. The second-order valence-electron chi connectivity index (χ2n) is 17.9. The molecule has 4 heterocycles. The molecule has 0 saturated heterocycles. The van der Waals surface area contributed by atoms with Crippen molar-refractivity contribution in [2.75, 3.05) is 32.9 Å². The van der Waals surface area contributed by atoms with Crippen LogP contribution in [0, 0.1) is 17.0 Å². The van der Waals surface area contributed by atoms with E-state index in [0.717, 1.165) is 51.9 Å². The number of aryl methyl sites for hydroxylation is 2. The molecule has 0 radical (unpaired) electrons. The van der Waals surface area contributed by atoms with Crippen LogP contribution >= 0.6 is 0 Å². The molecule has 0 aliphatic carbocycles. The Hall–Kier alpha value is -9.44. The number of carboxylic acid groups (broad SMARTS) is 1. The molecular weight excluding hydrogens is 1000 g/mol. The zero-order valence-electron chi connectivity index (χ0n) is 40.9. The van der Waals surface area contributed by atoms with Crippen molar-refractivity contribution in [1.29, 1.82) is 5.41 Å². The zero-order valence-corrected chi connectivity index (χ0v) is 40.9. The fourth-order valence-corrected chi connectivity index (χ4v) is 8.74. The Labute approximate surface area is 436 Å². The number of benzene rings is 5. The van der Waals surface area contributed by atoms with Gasteiger partial charge in [0, 0.05) is 61.1 Å². The Morgan fingerprint density at radius 2 is 1.49 bits per heavy atom. The summed E-state index contributed by atoms with van der Waals surface area (Å²) in [5.41, 5.74) is 2.21. The summed E-state index contributed by atoms with van der Waals surface area (Å²) < 4.78 is 60.4. The summed E-state index contributed by atoms with van der Waals surface area (Å²) in [7, 11) is 0. The van der Waals surface area contributed by atoms with Crippen LogP contribution in [0.1, 0.15) is 73.5 Å². The lowest BCUT2D eigenvalue weighted by Crippen LogP contribution is -2.33. The molecule has 6 N–H and O–H groups in total. The molecule has 2 aliphatic rings. The van der Waals surface area contributed by atoms with Crippen LogP contribution in [0.5, 0.6) is 28.7 Å². The molecule has 22 heteroatoms. The number of imidazole rings is 1. The Morgan fingerprint density at radius 1 is 0.779 bits per heavy atom. The minimum Gasteiger partial charge on any atom is -0.505 e. The van der Waals surface area contributed by atoms with E-state index in [-0.39, 0.29) is 89.9 Å². The molecule has 0 saturated carbocycles. The van der Waals surface area contributed by atoms with Crippen molar-refractivity contribution in [3.8, 4) is 40.0 Å². The van der Waals surface area contributed by atoms with Crippen molar-refractivity contribution in [2.45, 2.75) is 50.9 Å². The number of fused-ring (bicyclic) bond motifs is 6. The number of ether oxygens (including phenoxy) is 5. The van der Waals surface area contributed by atoms with Crippen LogP contribution in [-0.2, 0) is 55.4 Å². The van der Waals surface area contributed by atoms with Gasteiger partial charge in [-0.1, -0.05) is 30.3 Å². The molecule has 2 aromatic heterocycles. The number of nitrogens with zero attached hydrogens (tertiary/aromatic N) is 4. The van der Waals surface area contributed by atoms with E-state index in [1.54, 1.807) is 12.1 Å². The van der Waals surface area contributed by atoms with Crippen LogP contribution in [-0.4, -0.2) is 97.4 Å². The normalized spacial score (nSPS) is 12.7. The first-order chi connectivity index (χ1) is 37.1. The molecule has 0 fully saturated rings. The van der Waals surface area contributed by atoms with Crippen molar-refractivity contribution < 1.29 is 71.8 Å². The summed E-state index contributed by atoms with van der Waals surface area (Å²) in [6, 6.07) is 26.7. The third kappa shape index (κ3) is 11.9. The predicted molar refractivity (Wildman–Crippen MR) is 266 cm³/mol. The number of esters is 1. The van der Waals surface area contributed by atoms with Gasteiger partial charge < -0.3 is 49.6 Å². The third-order valence-electron chi connectivity index (χ3n) is 12.6. The maximum absolute atomic E-state index is 14.8. The molecule has 0 bridgehead atoms. The van der Waals surface area contributed by atoms with Gasteiger partial charge in [-0.15, -0.1) is 0 Å². The highest BCUT2D eigenvalue weighted by molar-refractivity contribution is 6.01. The van der Waals surface area contributed by atoms with Gasteiger partial charge in [0.1, 0.15) is 42.3 Å². The first-order valence-corrected chi connectivity index (χ1v) is 24.2. The first-order valence-electron chi connectivity index (χ1n) is 24.2. The number of hydrogen-bond donors (Lipinski definition) is 6. The average Bonchev–Trinajstić information content (AvgIpc) is 4.26. The standard InChI is InChI=1S/C55H49F2N7O13/c56-42-25-40-47(27-45(42)65)76-48-28-46(66)43(57)26-41(48)55(40)39-14-11-35(23-38(39)53(71)77-55)52(70)60-18-20-73-21-22-74-54(72)63-29-36(61-31-63)24-50(67)59-17-1-3-32-5-7-33(8-6-32)30-75-37-12-9-34(10-13-37)44-15-16-49(58)64(62-44)19-2-4-51(68)69/h5-16,23,25-29,31,58,65-66H,1-4,17-22,24,30H2,(H,59,67)(H,60,70)(H,68,69). The van der Waals surface area contributed by atoms with Crippen LogP contribution in [0.3, 0.4) is 0 Å². The van der Waals surface area contributed by atoms with E-state index >= 15 is 0 Å². The maximum Gasteiger partial charge on any atom is 0.419 e. The van der Waals surface area contributed by atoms with Crippen LogP contribution in [0.2, 0.25) is 0 Å². The summed E-state index contributed by atoms with van der Waals surface area (Å²) in [4.78, 5) is 66.7. The highest BCUT2D eigenvalue weighted by Gasteiger charge is 2.54. The summed E-state index contributed by atoms with van der Waals surface area (Å²) in [6.07, 6.45) is 3.66.